The number of methoxy groups -OCH3 is 1. The number of carboxylic acid groups (broad SMARTS) is 1. The molecule has 0 aromatic heterocycles. The molecule has 1 aromatic rings. The molecule has 0 aliphatic carbocycles. The maximum absolute atomic E-state index is 12.5. The first-order valence-electron chi connectivity index (χ1n) is 9.90. The molecule has 7 nitrogen and oxygen atoms in total. The maximum Gasteiger partial charge on any atom is 0.317 e. The lowest BCUT2D eigenvalue weighted by Gasteiger charge is -2.23. The summed E-state index contributed by atoms with van der Waals surface area (Å²) in [6, 6.07) is 5.14. The highest BCUT2D eigenvalue weighted by Gasteiger charge is 2.42. The minimum Gasteiger partial charge on any atom is -0.493 e. The fourth-order valence-electron chi connectivity index (χ4n) is 3.28. The first-order valence-corrected chi connectivity index (χ1v) is 9.90. The van der Waals surface area contributed by atoms with Crippen molar-refractivity contribution >= 4 is 12.0 Å². The third-order valence-corrected chi connectivity index (χ3v) is 5.31. The van der Waals surface area contributed by atoms with E-state index < -0.39 is 11.4 Å². The summed E-state index contributed by atoms with van der Waals surface area (Å²) in [6.07, 6.45) is 3.72. The molecule has 0 spiro atoms. The van der Waals surface area contributed by atoms with Crippen molar-refractivity contribution in [2.75, 3.05) is 26.8 Å². The molecule has 2 atom stereocenters. The zero-order valence-electron chi connectivity index (χ0n) is 17.3. The fourth-order valence-corrected chi connectivity index (χ4v) is 3.28. The van der Waals surface area contributed by atoms with E-state index in [4.69, 9.17) is 9.47 Å². The number of nitrogens with one attached hydrogen (secondary N) is 1. The van der Waals surface area contributed by atoms with Crippen molar-refractivity contribution in [1.82, 2.24) is 10.2 Å². The van der Waals surface area contributed by atoms with E-state index in [0.29, 0.717) is 31.1 Å². The molecular formula is C21H32N2O5. The number of hydrogen-bond donors (Lipinski definition) is 2. The predicted octanol–water partition coefficient (Wildman–Crippen LogP) is 3.83. The number of benzene rings is 1. The van der Waals surface area contributed by atoms with E-state index in [1.165, 1.54) is 0 Å². The number of rotatable bonds is 9. The average Bonchev–Trinajstić information content (AvgIpc) is 3.09. The Morgan fingerprint density at radius 2 is 2.07 bits per heavy atom. The Kier molecular flexibility index (Phi) is 7.54. The molecule has 0 radical (unpaired) electrons. The quantitative estimate of drug-likeness (QED) is 0.624. The maximum atomic E-state index is 12.5. The highest BCUT2D eigenvalue weighted by atomic mass is 16.5. The Morgan fingerprint density at radius 3 is 2.68 bits per heavy atom. The summed E-state index contributed by atoms with van der Waals surface area (Å²) in [6.45, 7) is 7.02. The first kappa shape index (κ1) is 21.9. The van der Waals surface area contributed by atoms with E-state index in [2.05, 4.69) is 12.2 Å². The van der Waals surface area contributed by atoms with Gasteiger partial charge in [0.25, 0.3) is 0 Å². The Balaban J connectivity index is 1.97. The summed E-state index contributed by atoms with van der Waals surface area (Å²) in [5, 5.41) is 12.3. The molecule has 2 unspecified atom stereocenters. The van der Waals surface area contributed by atoms with Crippen LogP contribution in [0.3, 0.4) is 0 Å². The van der Waals surface area contributed by atoms with Gasteiger partial charge in [0.15, 0.2) is 11.5 Å². The van der Waals surface area contributed by atoms with Crippen LogP contribution in [0.15, 0.2) is 18.2 Å². The van der Waals surface area contributed by atoms with Gasteiger partial charge in [0.05, 0.1) is 25.2 Å². The van der Waals surface area contributed by atoms with Gasteiger partial charge in [-0.15, -0.1) is 0 Å². The average molecular weight is 392 g/mol. The van der Waals surface area contributed by atoms with Gasteiger partial charge in [-0.1, -0.05) is 25.8 Å². The van der Waals surface area contributed by atoms with E-state index in [9.17, 15) is 14.7 Å². The van der Waals surface area contributed by atoms with Crippen LogP contribution in [0.25, 0.3) is 0 Å². The lowest BCUT2D eigenvalue weighted by atomic mass is 9.90. The molecule has 2 rings (SSSR count). The molecule has 1 aromatic carbocycles. The van der Waals surface area contributed by atoms with Crippen LogP contribution < -0.4 is 14.8 Å². The lowest BCUT2D eigenvalue weighted by Crippen LogP contribution is -2.41. The number of hydrogen-bond acceptors (Lipinski definition) is 4. The molecule has 28 heavy (non-hydrogen) atoms. The summed E-state index contributed by atoms with van der Waals surface area (Å²) in [7, 11) is 1.60. The zero-order chi connectivity index (χ0) is 20.7. The van der Waals surface area contributed by atoms with Crippen molar-refractivity contribution in [2.45, 2.75) is 52.5 Å². The predicted molar refractivity (Wildman–Crippen MR) is 107 cm³/mol. The van der Waals surface area contributed by atoms with Gasteiger partial charge in [0.1, 0.15) is 0 Å². The normalized spacial score (nSPS) is 19.9. The molecule has 0 bridgehead atoms. The Morgan fingerprint density at radius 1 is 1.32 bits per heavy atom. The van der Waals surface area contributed by atoms with Crippen LogP contribution in [0.1, 0.15) is 58.1 Å². The summed E-state index contributed by atoms with van der Waals surface area (Å²) in [5.41, 5.74) is 0.0203. The third kappa shape index (κ3) is 5.30. The number of unbranched alkanes of at least 4 members (excludes halogenated alkanes) is 2. The number of carbonyl (C=O) groups is 2. The van der Waals surface area contributed by atoms with Crippen molar-refractivity contribution in [3.05, 3.63) is 23.8 Å². The SMILES string of the molecule is CCCCCOc1ccc(C(C)NC(=O)N2CCC(C)(C(=O)O)C2)cc1OC. The molecule has 1 fully saturated rings. The largest absolute Gasteiger partial charge is 0.493 e. The van der Waals surface area contributed by atoms with Gasteiger partial charge in [-0.3, -0.25) is 4.79 Å². The van der Waals surface area contributed by atoms with E-state index in [1.807, 2.05) is 25.1 Å². The molecule has 0 saturated carbocycles. The van der Waals surface area contributed by atoms with Crippen molar-refractivity contribution < 1.29 is 24.2 Å². The Bertz CT molecular complexity index is 693. The van der Waals surface area contributed by atoms with Crippen LogP contribution in [0.5, 0.6) is 11.5 Å². The Labute approximate surface area is 167 Å². The van der Waals surface area contributed by atoms with Crippen molar-refractivity contribution in [2.24, 2.45) is 5.41 Å². The molecule has 2 amide bonds. The number of urea groups is 1. The standard InChI is InChI=1S/C21H32N2O5/c1-5-6-7-12-28-17-9-8-16(13-18(17)27-4)15(2)22-20(26)23-11-10-21(3,14-23)19(24)25/h8-9,13,15H,5-7,10-12,14H2,1-4H3,(H,22,26)(H,24,25). The van der Waals surface area contributed by atoms with Crippen LogP contribution >= 0.6 is 0 Å². The van der Waals surface area contributed by atoms with E-state index in [-0.39, 0.29) is 18.6 Å². The number of amides is 2. The molecule has 2 N–H and O–H groups in total. The number of carbonyl (C=O) groups excluding carboxylic acids is 1. The number of nitrogens with zero attached hydrogens (tertiary/aromatic N) is 1. The molecular weight excluding hydrogens is 360 g/mol. The van der Waals surface area contributed by atoms with Crippen molar-refractivity contribution in [3.8, 4) is 11.5 Å². The fraction of sp³-hybridized carbons (Fsp3) is 0.619. The highest BCUT2D eigenvalue weighted by Crippen LogP contribution is 2.32. The van der Waals surface area contributed by atoms with Crippen molar-refractivity contribution in [3.63, 3.8) is 0 Å². The monoisotopic (exact) mass is 392 g/mol. The summed E-state index contributed by atoms with van der Waals surface area (Å²) in [5.74, 6) is 0.461. The minimum absolute atomic E-state index is 0.217. The minimum atomic E-state index is -0.874. The van der Waals surface area contributed by atoms with Crippen LogP contribution in [0.2, 0.25) is 0 Å². The van der Waals surface area contributed by atoms with Gasteiger partial charge < -0.3 is 24.8 Å². The van der Waals surface area contributed by atoms with Crippen LogP contribution in [0.4, 0.5) is 4.79 Å². The molecule has 1 heterocycles. The second kappa shape index (κ2) is 9.66. The Hall–Kier alpha value is -2.44. The number of ether oxygens (including phenoxy) is 2. The van der Waals surface area contributed by atoms with Gasteiger partial charge in [0.2, 0.25) is 0 Å². The van der Waals surface area contributed by atoms with Gasteiger partial charge in [-0.05, 0) is 44.4 Å². The molecule has 156 valence electrons. The summed E-state index contributed by atoms with van der Waals surface area (Å²) >= 11 is 0. The first-order chi connectivity index (χ1) is 13.3. The van der Waals surface area contributed by atoms with Crippen LogP contribution in [0, 0.1) is 5.41 Å². The highest BCUT2D eigenvalue weighted by molar-refractivity contribution is 5.79. The lowest BCUT2D eigenvalue weighted by molar-refractivity contribution is -0.147. The van der Waals surface area contributed by atoms with Gasteiger partial charge in [-0.2, -0.15) is 0 Å². The van der Waals surface area contributed by atoms with Gasteiger partial charge in [0, 0.05) is 13.1 Å². The third-order valence-electron chi connectivity index (χ3n) is 5.31. The van der Waals surface area contributed by atoms with E-state index in [0.717, 1.165) is 24.8 Å². The van der Waals surface area contributed by atoms with Crippen LogP contribution in [-0.2, 0) is 4.79 Å². The number of aliphatic carboxylic acids is 1. The van der Waals surface area contributed by atoms with E-state index >= 15 is 0 Å². The number of likely N-dealkylation sites (tertiary alicyclic amines) is 1. The van der Waals surface area contributed by atoms with Gasteiger partial charge in [-0.25, -0.2) is 4.79 Å². The summed E-state index contributed by atoms with van der Waals surface area (Å²) in [4.78, 5) is 25.5. The second-order valence-electron chi connectivity index (χ2n) is 7.67. The molecule has 7 heteroatoms. The van der Waals surface area contributed by atoms with E-state index in [1.54, 1.807) is 18.9 Å². The van der Waals surface area contributed by atoms with Crippen LogP contribution in [-0.4, -0.2) is 48.8 Å². The smallest absolute Gasteiger partial charge is 0.317 e. The van der Waals surface area contributed by atoms with Crippen molar-refractivity contribution in [1.29, 1.82) is 0 Å². The molecule has 1 aliphatic heterocycles. The molecule has 1 aliphatic rings. The zero-order valence-corrected chi connectivity index (χ0v) is 17.3. The summed E-state index contributed by atoms with van der Waals surface area (Å²) < 4.78 is 11.2. The van der Waals surface area contributed by atoms with Gasteiger partial charge >= 0.3 is 12.0 Å². The topological polar surface area (TPSA) is 88.1 Å². The second-order valence-corrected chi connectivity index (χ2v) is 7.67. The number of carboxylic acids is 1. The molecule has 1 saturated heterocycles.